The number of alkyl halides is 1. The zero-order valence-electron chi connectivity index (χ0n) is 6.02. The Morgan fingerprint density at radius 2 is 2.30 bits per heavy atom. The number of carbonyl (C=O) groups excluding carboxylic acids is 1. The van der Waals surface area contributed by atoms with Gasteiger partial charge in [0.1, 0.15) is 0 Å². The van der Waals surface area contributed by atoms with Gasteiger partial charge in [0, 0.05) is 17.9 Å². The van der Waals surface area contributed by atoms with E-state index in [4.69, 9.17) is 4.74 Å². The number of ether oxygens (including phenoxy) is 1. The third-order valence-corrected chi connectivity index (χ3v) is 1.28. The maximum absolute atomic E-state index is 10.3. The van der Waals surface area contributed by atoms with Gasteiger partial charge in [0.15, 0.2) is 0 Å². The number of rotatable bonds is 5. The van der Waals surface area contributed by atoms with Gasteiger partial charge in [-0.3, -0.25) is 4.79 Å². The SMILES string of the molecule is CC(=O)NCCOCCI. The number of nitrogens with one attached hydrogen (secondary N) is 1. The molecular formula is C6H12INO2. The van der Waals surface area contributed by atoms with Gasteiger partial charge in [-0.05, 0) is 0 Å². The molecule has 0 unspecified atom stereocenters. The van der Waals surface area contributed by atoms with Crippen LogP contribution in [0.1, 0.15) is 6.92 Å². The van der Waals surface area contributed by atoms with E-state index in [-0.39, 0.29) is 5.91 Å². The molecule has 0 radical (unpaired) electrons. The minimum absolute atomic E-state index is 0.00178. The maximum Gasteiger partial charge on any atom is 0.216 e. The molecule has 1 amide bonds. The van der Waals surface area contributed by atoms with E-state index < -0.39 is 0 Å². The summed E-state index contributed by atoms with van der Waals surface area (Å²) in [5.41, 5.74) is 0. The molecule has 1 N–H and O–H groups in total. The highest BCUT2D eigenvalue weighted by molar-refractivity contribution is 14.1. The first-order valence-corrected chi connectivity index (χ1v) is 4.68. The van der Waals surface area contributed by atoms with Gasteiger partial charge in [0.05, 0.1) is 13.2 Å². The summed E-state index contributed by atoms with van der Waals surface area (Å²) in [4.78, 5) is 10.3. The highest BCUT2D eigenvalue weighted by Crippen LogP contribution is 1.81. The van der Waals surface area contributed by atoms with Crippen molar-refractivity contribution in [2.45, 2.75) is 6.92 Å². The Morgan fingerprint density at radius 1 is 1.60 bits per heavy atom. The van der Waals surface area contributed by atoms with Crippen molar-refractivity contribution >= 4 is 28.5 Å². The van der Waals surface area contributed by atoms with E-state index in [1.165, 1.54) is 6.92 Å². The summed E-state index contributed by atoms with van der Waals surface area (Å²) in [6.45, 7) is 3.49. The topological polar surface area (TPSA) is 38.3 Å². The van der Waals surface area contributed by atoms with Crippen molar-refractivity contribution in [2.24, 2.45) is 0 Å². The lowest BCUT2D eigenvalue weighted by molar-refractivity contribution is -0.119. The Morgan fingerprint density at radius 3 is 2.80 bits per heavy atom. The molecule has 0 aliphatic heterocycles. The maximum atomic E-state index is 10.3. The Bertz CT molecular complexity index is 97.7. The molecule has 0 saturated carbocycles. The monoisotopic (exact) mass is 257 g/mol. The summed E-state index contributed by atoms with van der Waals surface area (Å²) < 4.78 is 6.11. The van der Waals surface area contributed by atoms with Crippen molar-refractivity contribution in [3.05, 3.63) is 0 Å². The third kappa shape index (κ3) is 8.16. The highest BCUT2D eigenvalue weighted by Gasteiger charge is 1.88. The summed E-state index contributed by atoms with van der Waals surface area (Å²) >= 11 is 2.24. The lowest BCUT2D eigenvalue weighted by atomic mass is 10.6. The molecule has 3 nitrogen and oxygen atoms in total. The number of hydrogen-bond acceptors (Lipinski definition) is 2. The molecule has 0 aromatic heterocycles. The fraction of sp³-hybridized carbons (Fsp3) is 0.833. The second kappa shape index (κ2) is 7.27. The van der Waals surface area contributed by atoms with Gasteiger partial charge < -0.3 is 10.1 Å². The Balaban J connectivity index is 2.84. The van der Waals surface area contributed by atoms with Crippen LogP contribution in [-0.4, -0.2) is 30.1 Å². The molecule has 0 heterocycles. The average molecular weight is 257 g/mol. The first-order chi connectivity index (χ1) is 4.77. The van der Waals surface area contributed by atoms with Gasteiger partial charge in [-0.25, -0.2) is 0 Å². The van der Waals surface area contributed by atoms with Crippen molar-refractivity contribution in [3.63, 3.8) is 0 Å². The van der Waals surface area contributed by atoms with Crippen LogP contribution in [0, 0.1) is 0 Å². The van der Waals surface area contributed by atoms with Crippen LogP contribution in [0.4, 0.5) is 0 Å². The predicted molar refractivity (Wildman–Crippen MR) is 48.4 cm³/mol. The number of hydrogen-bond donors (Lipinski definition) is 1. The predicted octanol–water partition coefficient (Wildman–Crippen LogP) is 0.574. The quantitative estimate of drug-likeness (QED) is 0.444. The number of halogens is 1. The van der Waals surface area contributed by atoms with Gasteiger partial charge >= 0.3 is 0 Å². The van der Waals surface area contributed by atoms with Gasteiger partial charge in [0.2, 0.25) is 5.91 Å². The molecule has 4 heteroatoms. The molecule has 0 fully saturated rings. The van der Waals surface area contributed by atoms with Crippen LogP contribution in [0.15, 0.2) is 0 Å². The second-order valence-corrected chi connectivity index (χ2v) is 2.86. The van der Waals surface area contributed by atoms with E-state index in [9.17, 15) is 4.79 Å². The number of amides is 1. The summed E-state index contributed by atoms with van der Waals surface area (Å²) in [5.74, 6) is -0.00178. The van der Waals surface area contributed by atoms with Crippen molar-refractivity contribution < 1.29 is 9.53 Å². The standard InChI is InChI=1S/C6H12INO2/c1-6(9)8-3-5-10-4-2-7/h2-5H2,1H3,(H,8,9). The van der Waals surface area contributed by atoms with Crippen LogP contribution in [-0.2, 0) is 9.53 Å². The average Bonchev–Trinajstić information content (AvgIpc) is 1.87. The van der Waals surface area contributed by atoms with E-state index in [2.05, 4.69) is 27.9 Å². The molecular weight excluding hydrogens is 245 g/mol. The zero-order chi connectivity index (χ0) is 7.82. The van der Waals surface area contributed by atoms with E-state index in [1.807, 2.05) is 0 Å². The highest BCUT2D eigenvalue weighted by atomic mass is 127. The Kier molecular flexibility index (Phi) is 7.39. The molecule has 0 saturated heterocycles. The van der Waals surface area contributed by atoms with Gasteiger partial charge in [0.25, 0.3) is 0 Å². The summed E-state index contributed by atoms with van der Waals surface area (Å²) in [6.07, 6.45) is 0. The summed E-state index contributed by atoms with van der Waals surface area (Å²) in [6, 6.07) is 0. The van der Waals surface area contributed by atoms with Gasteiger partial charge in [-0.15, -0.1) is 0 Å². The molecule has 0 aliphatic carbocycles. The van der Waals surface area contributed by atoms with Crippen LogP contribution < -0.4 is 5.32 Å². The van der Waals surface area contributed by atoms with Gasteiger partial charge in [-0.2, -0.15) is 0 Å². The molecule has 0 aromatic rings. The van der Waals surface area contributed by atoms with Crippen LogP contribution in [0.3, 0.4) is 0 Å². The van der Waals surface area contributed by atoms with Crippen LogP contribution in [0.5, 0.6) is 0 Å². The molecule has 0 aromatic carbocycles. The number of carbonyl (C=O) groups is 1. The molecule has 0 bridgehead atoms. The largest absolute Gasteiger partial charge is 0.379 e. The fourth-order valence-corrected chi connectivity index (χ4v) is 0.767. The zero-order valence-corrected chi connectivity index (χ0v) is 8.18. The van der Waals surface area contributed by atoms with E-state index in [0.717, 1.165) is 11.0 Å². The fourth-order valence-electron chi connectivity index (χ4n) is 0.456. The molecule has 0 aliphatic rings. The van der Waals surface area contributed by atoms with Crippen LogP contribution >= 0.6 is 22.6 Å². The lowest BCUT2D eigenvalue weighted by Gasteiger charge is -2.01. The minimum atomic E-state index is -0.00178. The smallest absolute Gasteiger partial charge is 0.216 e. The summed E-state index contributed by atoms with van der Waals surface area (Å²) in [7, 11) is 0. The van der Waals surface area contributed by atoms with Crippen molar-refractivity contribution in [1.29, 1.82) is 0 Å². The third-order valence-electron chi connectivity index (χ3n) is 0.842. The first kappa shape index (κ1) is 10.2. The Labute approximate surface area is 74.7 Å². The van der Waals surface area contributed by atoms with Crippen LogP contribution in [0.25, 0.3) is 0 Å². The molecule has 0 atom stereocenters. The van der Waals surface area contributed by atoms with Crippen molar-refractivity contribution in [3.8, 4) is 0 Å². The molecule has 60 valence electrons. The van der Waals surface area contributed by atoms with Crippen molar-refractivity contribution in [1.82, 2.24) is 5.32 Å². The van der Waals surface area contributed by atoms with Crippen molar-refractivity contribution in [2.75, 3.05) is 24.2 Å². The second-order valence-electron chi connectivity index (χ2n) is 1.78. The normalized spacial score (nSPS) is 9.40. The first-order valence-electron chi connectivity index (χ1n) is 3.15. The van der Waals surface area contributed by atoms with Gasteiger partial charge in [-0.1, -0.05) is 22.6 Å². The summed E-state index contributed by atoms with van der Waals surface area (Å²) in [5, 5.41) is 2.64. The molecule has 0 spiro atoms. The molecule has 10 heavy (non-hydrogen) atoms. The minimum Gasteiger partial charge on any atom is -0.379 e. The lowest BCUT2D eigenvalue weighted by Crippen LogP contribution is -2.24. The van der Waals surface area contributed by atoms with E-state index >= 15 is 0 Å². The Hall–Kier alpha value is 0.160. The van der Waals surface area contributed by atoms with E-state index in [0.29, 0.717) is 13.2 Å². The molecule has 0 rings (SSSR count). The van der Waals surface area contributed by atoms with E-state index in [1.54, 1.807) is 0 Å². The van der Waals surface area contributed by atoms with Crippen LogP contribution in [0.2, 0.25) is 0 Å².